The molecule has 202 valence electrons. The molecule has 0 aliphatic carbocycles. The third-order valence-electron chi connectivity index (χ3n) is 5.93. The van der Waals surface area contributed by atoms with Crippen molar-refractivity contribution in [3.63, 3.8) is 0 Å². The highest BCUT2D eigenvalue weighted by Gasteiger charge is 2.34. The highest BCUT2D eigenvalue weighted by Crippen LogP contribution is 2.20. The summed E-state index contributed by atoms with van der Waals surface area (Å²) in [6.45, 7) is 7.35. The van der Waals surface area contributed by atoms with Crippen molar-refractivity contribution in [1.82, 2.24) is 10.2 Å². The summed E-state index contributed by atoms with van der Waals surface area (Å²) in [5.74, 6) is -0.765. The molecule has 0 aliphatic rings. The molecule has 7 nitrogen and oxygen atoms in total. The van der Waals surface area contributed by atoms with Crippen LogP contribution in [-0.2, 0) is 32.6 Å². The van der Waals surface area contributed by atoms with E-state index in [9.17, 15) is 18.0 Å². The Hall–Kier alpha value is -3.65. The van der Waals surface area contributed by atoms with E-state index in [2.05, 4.69) is 5.32 Å². The third kappa shape index (κ3) is 8.45. The van der Waals surface area contributed by atoms with Gasteiger partial charge in [0.05, 0.1) is 11.9 Å². The van der Waals surface area contributed by atoms with Crippen molar-refractivity contribution in [2.24, 2.45) is 0 Å². The fraction of sp³-hybridized carbons (Fsp3) is 0.333. The molecule has 0 unspecified atom stereocenters. The zero-order valence-electron chi connectivity index (χ0n) is 22.7. The maximum atomic E-state index is 14.0. The summed E-state index contributed by atoms with van der Waals surface area (Å²) in [5, 5.41) is 3.02. The molecular formula is C30H37N3O4S. The highest BCUT2D eigenvalue weighted by molar-refractivity contribution is 7.92. The number of hydrogen-bond donors (Lipinski definition) is 1. The van der Waals surface area contributed by atoms with Gasteiger partial charge >= 0.3 is 0 Å². The van der Waals surface area contributed by atoms with Gasteiger partial charge in [-0.05, 0) is 51.0 Å². The lowest BCUT2D eigenvalue weighted by atomic mass is 10.0. The van der Waals surface area contributed by atoms with Crippen LogP contribution in [-0.4, -0.2) is 49.5 Å². The van der Waals surface area contributed by atoms with Crippen molar-refractivity contribution in [2.45, 2.75) is 52.2 Å². The molecule has 3 aromatic rings. The molecule has 3 rings (SSSR count). The van der Waals surface area contributed by atoms with Gasteiger partial charge in [-0.3, -0.25) is 13.9 Å². The predicted molar refractivity (Wildman–Crippen MR) is 152 cm³/mol. The number of rotatable bonds is 10. The van der Waals surface area contributed by atoms with E-state index in [0.717, 1.165) is 27.3 Å². The van der Waals surface area contributed by atoms with E-state index in [-0.39, 0.29) is 18.9 Å². The fourth-order valence-corrected chi connectivity index (χ4v) is 5.07. The molecule has 0 aliphatic heterocycles. The molecule has 0 fully saturated rings. The number of amides is 2. The summed E-state index contributed by atoms with van der Waals surface area (Å²) in [6, 6.07) is 24.9. The van der Waals surface area contributed by atoms with Crippen LogP contribution in [0.15, 0.2) is 84.9 Å². The molecule has 8 heteroatoms. The van der Waals surface area contributed by atoms with Crippen LogP contribution in [0.25, 0.3) is 0 Å². The summed E-state index contributed by atoms with van der Waals surface area (Å²) in [4.78, 5) is 29.2. The Bertz CT molecular complexity index is 1340. The van der Waals surface area contributed by atoms with Crippen molar-refractivity contribution < 1.29 is 18.0 Å². The molecule has 38 heavy (non-hydrogen) atoms. The van der Waals surface area contributed by atoms with Gasteiger partial charge in [-0.25, -0.2) is 8.42 Å². The first-order valence-corrected chi connectivity index (χ1v) is 14.4. The number of carbonyl (C=O) groups is 2. The number of carbonyl (C=O) groups excluding carboxylic acids is 2. The SMILES string of the molecule is Cc1cccc(CN(C(=O)CN(c2ccccc2)S(C)(=O)=O)[C@H](Cc2ccccc2)C(=O)NC(C)(C)C)c1. The van der Waals surface area contributed by atoms with Gasteiger partial charge < -0.3 is 10.2 Å². The zero-order chi connectivity index (χ0) is 27.9. The number of aryl methyl sites for hydroxylation is 1. The second kappa shape index (κ2) is 12.3. The number of sulfonamides is 1. The van der Waals surface area contributed by atoms with Crippen LogP contribution < -0.4 is 9.62 Å². The summed E-state index contributed by atoms with van der Waals surface area (Å²) < 4.78 is 26.6. The zero-order valence-corrected chi connectivity index (χ0v) is 23.5. The van der Waals surface area contributed by atoms with Crippen LogP contribution in [0.2, 0.25) is 0 Å². The molecule has 1 N–H and O–H groups in total. The Morgan fingerprint density at radius 1 is 0.868 bits per heavy atom. The van der Waals surface area contributed by atoms with Gasteiger partial charge in [-0.15, -0.1) is 0 Å². The van der Waals surface area contributed by atoms with Crippen molar-refractivity contribution in [2.75, 3.05) is 17.1 Å². The molecule has 0 saturated carbocycles. The van der Waals surface area contributed by atoms with E-state index < -0.39 is 34.1 Å². The Morgan fingerprint density at radius 3 is 2.00 bits per heavy atom. The van der Waals surface area contributed by atoms with E-state index in [1.807, 2.05) is 82.3 Å². The number of nitrogens with zero attached hydrogens (tertiary/aromatic N) is 2. The first-order valence-electron chi connectivity index (χ1n) is 12.6. The molecule has 0 heterocycles. The highest BCUT2D eigenvalue weighted by atomic mass is 32.2. The van der Waals surface area contributed by atoms with Crippen LogP contribution in [0.5, 0.6) is 0 Å². The van der Waals surface area contributed by atoms with Gasteiger partial charge in [0.15, 0.2) is 0 Å². The minimum Gasteiger partial charge on any atom is -0.350 e. The van der Waals surface area contributed by atoms with Crippen LogP contribution in [0.3, 0.4) is 0 Å². The van der Waals surface area contributed by atoms with Crippen molar-refractivity contribution in [1.29, 1.82) is 0 Å². The van der Waals surface area contributed by atoms with Crippen LogP contribution >= 0.6 is 0 Å². The van der Waals surface area contributed by atoms with E-state index in [1.54, 1.807) is 30.3 Å². The van der Waals surface area contributed by atoms with Crippen molar-refractivity contribution in [3.8, 4) is 0 Å². The van der Waals surface area contributed by atoms with Gasteiger partial charge in [-0.1, -0.05) is 78.4 Å². The lowest BCUT2D eigenvalue weighted by Gasteiger charge is -2.35. The minimum absolute atomic E-state index is 0.155. The quantitative estimate of drug-likeness (QED) is 0.419. The lowest BCUT2D eigenvalue weighted by molar-refractivity contribution is -0.140. The number of hydrogen-bond acceptors (Lipinski definition) is 4. The topological polar surface area (TPSA) is 86.8 Å². The second-order valence-electron chi connectivity index (χ2n) is 10.6. The average Bonchev–Trinajstić information content (AvgIpc) is 2.84. The standard InChI is InChI=1S/C30H37N3O4S/c1-23-13-12-16-25(19-23)21-32(28(34)22-33(38(5,36)37)26-17-10-7-11-18-26)27(29(35)31-30(2,3)4)20-24-14-8-6-9-15-24/h6-19,27H,20-22H2,1-5H3,(H,31,35)/t27-/m1/s1. The van der Waals surface area contributed by atoms with Gasteiger partial charge in [-0.2, -0.15) is 0 Å². The Morgan fingerprint density at radius 2 is 1.45 bits per heavy atom. The predicted octanol–water partition coefficient (Wildman–Crippen LogP) is 4.32. The van der Waals surface area contributed by atoms with E-state index in [0.29, 0.717) is 5.69 Å². The van der Waals surface area contributed by atoms with Crippen molar-refractivity contribution in [3.05, 3.63) is 102 Å². The van der Waals surface area contributed by atoms with Gasteiger partial charge in [0.2, 0.25) is 21.8 Å². The normalized spacial score (nSPS) is 12.4. The largest absolute Gasteiger partial charge is 0.350 e. The van der Waals surface area contributed by atoms with Gasteiger partial charge in [0.25, 0.3) is 0 Å². The molecular weight excluding hydrogens is 498 g/mol. The summed E-state index contributed by atoms with van der Waals surface area (Å²) in [6.07, 6.45) is 1.36. The molecule has 3 aromatic carbocycles. The molecule has 0 bridgehead atoms. The average molecular weight is 536 g/mol. The molecule has 1 atom stereocenters. The van der Waals surface area contributed by atoms with E-state index in [4.69, 9.17) is 0 Å². The van der Waals surface area contributed by atoms with E-state index in [1.165, 1.54) is 4.90 Å². The second-order valence-corrected chi connectivity index (χ2v) is 12.5. The summed E-state index contributed by atoms with van der Waals surface area (Å²) in [5.41, 5.74) is 2.64. The molecule has 0 saturated heterocycles. The van der Waals surface area contributed by atoms with Gasteiger partial charge in [0, 0.05) is 18.5 Å². The summed E-state index contributed by atoms with van der Waals surface area (Å²) in [7, 11) is -3.77. The molecule has 0 aromatic heterocycles. The smallest absolute Gasteiger partial charge is 0.244 e. The fourth-order valence-electron chi connectivity index (χ4n) is 4.22. The molecule has 0 spiro atoms. The lowest BCUT2D eigenvalue weighted by Crippen LogP contribution is -2.56. The van der Waals surface area contributed by atoms with Crippen molar-refractivity contribution >= 4 is 27.5 Å². The number of para-hydroxylation sites is 1. The molecule has 2 amide bonds. The Kier molecular flexibility index (Phi) is 9.33. The maximum absolute atomic E-state index is 14.0. The first kappa shape index (κ1) is 28.9. The number of benzene rings is 3. The van der Waals surface area contributed by atoms with E-state index >= 15 is 0 Å². The monoisotopic (exact) mass is 535 g/mol. The van der Waals surface area contributed by atoms with Crippen LogP contribution in [0, 0.1) is 6.92 Å². The number of anilines is 1. The Balaban J connectivity index is 2.06. The van der Waals surface area contributed by atoms with Gasteiger partial charge in [0.1, 0.15) is 12.6 Å². The van der Waals surface area contributed by atoms with Crippen LogP contribution in [0.4, 0.5) is 5.69 Å². The van der Waals surface area contributed by atoms with Crippen LogP contribution in [0.1, 0.15) is 37.5 Å². The first-order chi connectivity index (χ1) is 17.8. The number of nitrogens with one attached hydrogen (secondary N) is 1. The molecule has 0 radical (unpaired) electrons. The third-order valence-corrected chi connectivity index (χ3v) is 7.07. The Labute approximate surface area is 226 Å². The summed E-state index contributed by atoms with van der Waals surface area (Å²) >= 11 is 0. The maximum Gasteiger partial charge on any atom is 0.244 e. The minimum atomic E-state index is -3.77.